The molecular weight excluding hydrogens is 359 g/mol. The monoisotopic (exact) mass is 379 g/mol. The number of halogens is 3. The van der Waals surface area contributed by atoms with Gasteiger partial charge in [0.25, 0.3) is 0 Å². The Kier molecular flexibility index (Phi) is 6.53. The van der Waals surface area contributed by atoms with Crippen LogP contribution in [0.5, 0.6) is 0 Å². The highest BCUT2D eigenvalue weighted by Gasteiger charge is 2.44. The Hall–Kier alpha value is -2.21. The Morgan fingerprint density at radius 1 is 1.38 bits per heavy atom. The van der Waals surface area contributed by atoms with Crippen LogP contribution in [0, 0.1) is 17.0 Å². The first-order valence-electron chi connectivity index (χ1n) is 8.06. The summed E-state index contributed by atoms with van der Waals surface area (Å²) in [5.41, 5.74) is -3.04. The Bertz CT molecular complexity index is 656. The molecule has 0 unspecified atom stereocenters. The van der Waals surface area contributed by atoms with Gasteiger partial charge in [0.1, 0.15) is 12.2 Å². The molecule has 0 aliphatic carbocycles. The molecule has 1 aromatic rings. The van der Waals surface area contributed by atoms with Gasteiger partial charge in [-0.3, -0.25) is 24.5 Å². The van der Waals surface area contributed by atoms with Gasteiger partial charge in [-0.1, -0.05) is 0 Å². The zero-order valence-corrected chi connectivity index (χ0v) is 14.2. The lowest BCUT2D eigenvalue weighted by atomic mass is 10.3. The number of carbonyl (C=O) groups is 1. The van der Waals surface area contributed by atoms with Gasteiger partial charge in [-0.25, -0.2) is 0 Å². The van der Waals surface area contributed by atoms with E-state index in [0.717, 1.165) is 26.6 Å². The molecule has 1 fully saturated rings. The van der Waals surface area contributed by atoms with E-state index >= 15 is 0 Å². The van der Waals surface area contributed by atoms with Crippen molar-refractivity contribution < 1.29 is 27.6 Å². The summed E-state index contributed by atoms with van der Waals surface area (Å²) in [7, 11) is 0. The molecule has 2 heterocycles. The molecule has 26 heavy (non-hydrogen) atoms. The average Bonchev–Trinajstić information content (AvgIpc) is 2.90. The van der Waals surface area contributed by atoms with Crippen molar-refractivity contribution in [2.45, 2.75) is 26.1 Å². The van der Waals surface area contributed by atoms with Crippen molar-refractivity contribution in [2.24, 2.45) is 0 Å². The van der Waals surface area contributed by atoms with Gasteiger partial charge < -0.3 is 10.1 Å². The van der Waals surface area contributed by atoms with Crippen LogP contribution in [0.15, 0.2) is 0 Å². The first-order valence-corrected chi connectivity index (χ1v) is 8.06. The summed E-state index contributed by atoms with van der Waals surface area (Å²) in [6.07, 6.45) is -4.29. The fraction of sp³-hybridized carbons (Fsp3) is 0.714. The highest BCUT2D eigenvalue weighted by atomic mass is 19.4. The number of rotatable bonds is 7. The Morgan fingerprint density at radius 2 is 2.04 bits per heavy atom. The lowest BCUT2D eigenvalue weighted by Crippen LogP contribution is -2.38. The van der Waals surface area contributed by atoms with Gasteiger partial charge in [-0.05, 0) is 19.9 Å². The first kappa shape index (κ1) is 20.1. The van der Waals surface area contributed by atoms with Crippen molar-refractivity contribution in [3.63, 3.8) is 0 Å². The number of hydrogen-bond acceptors (Lipinski definition) is 6. The van der Waals surface area contributed by atoms with Gasteiger partial charge in [-0.15, -0.1) is 0 Å². The molecular formula is C14H20F3N5O4. The number of alkyl halides is 3. The number of ether oxygens (including phenoxy) is 1. The second-order valence-corrected chi connectivity index (χ2v) is 5.85. The Balaban J connectivity index is 1.89. The molecule has 1 amide bonds. The summed E-state index contributed by atoms with van der Waals surface area (Å²) in [5, 5.41) is 16.7. The molecule has 1 aliphatic heterocycles. The van der Waals surface area contributed by atoms with Crippen molar-refractivity contribution in [1.29, 1.82) is 0 Å². The van der Waals surface area contributed by atoms with Gasteiger partial charge in [0.2, 0.25) is 11.6 Å². The summed E-state index contributed by atoms with van der Waals surface area (Å²) < 4.78 is 44.5. The van der Waals surface area contributed by atoms with Gasteiger partial charge >= 0.3 is 11.9 Å². The lowest BCUT2D eigenvalue weighted by Gasteiger charge is -2.26. The fourth-order valence-corrected chi connectivity index (χ4v) is 2.65. The van der Waals surface area contributed by atoms with Crippen LogP contribution >= 0.6 is 0 Å². The van der Waals surface area contributed by atoms with Gasteiger partial charge in [0, 0.05) is 19.6 Å². The number of aromatic nitrogens is 2. The SMILES string of the molecule is Cc1c([N+](=O)[O-])c(C(F)(F)F)nn1CC(=O)NCCCN1CCOCC1. The molecule has 9 nitrogen and oxygen atoms in total. The second kappa shape index (κ2) is 8.45. The molecule has 1 N–H and O–H groups in total. The van der Waals surface area contributed by atoms with Crippen LogP contribution in [-0.4, -0.2) is 64.9 Å². The molecule has 0 saturated carbocycles. The van der Waals surface area contributed by atoms with Gasteiger partial charge in [-0.2, -0.15) is 18.3 Å². The molecule has 1 aromatic heterocycles. The van der Waals surface area contributed by atoms with Crippen molar-refractivity contribution in [1.82, 2.24) is 20.0 Å². The predicted molar refractivity (Wildman–Crippen MR) is 83.5 cm³/mol. The number of nitrogens with one attached hydrogen (secondary N) is 1. The third kappa shape index (κ3) is 5.14. The molecule has 1 aliphatic rings. The minimum absolute atomic E-state index is 0.314. The van der Waals surface area contributed by atoms with Crippen LogP contribution in [0.25, 0.3) is 0 Å². The maximum Gasteiger partial charge on any atom is 0.442 e. The average molecular weight is 379 g/mol. The number of nitro groups is 1. The molecule has 0 bridgehead atoms. The largest absolute Gasteiger partial charge is 0.442 e. The zero-order chi connectivity index (χ0) is 19.3. The first-order chi connectivity index (χ1) is 12.2. The van der Waals surface area contributed by atoms with E-state index in [1.165, 1.54) is 0 Å². The summed E-state index contributed by atoms with van der Waals surface area (Å²) in [4.78, 5) is 23.8. The maximum absolute atomic E-state index is 12.9. The highest BCUT2D eigenvalue weighted by Crippen LogP contribution is 2.36. The van der Waals surface area contributed by atoms with Crippen LogP contribution in [0.3, 0.4) is 0 Å². The number of nitrogens with zero attached hydrogens (tertiary/aromatic N) is 4. The van der Waals surface area contributed by atoms with E-state index in [-0.39, 0.29) is 5.69 Å². The minimum atomic E-state index is -4.97. The summed E-state index contributed by atoms with van der Waals surface area (Å²) in [6, 6.07) is 0. The van der Waals surface area contributed by atoms with Crippen LogP contribution < -0.4 is 5.32 Å². The van der Waals surface area contributed by atoms with E-state index < -0.39 is 34.9 Å². The molecule has 0 spiro atoms. The molecule has 146 valence electrons. The van der Waals surface area contributed by atoms with E-state index in [1.807, 2.05) is 0 Å². The highest BCUT2D eigenvalue weighted by molar-refractivity contribution is 5.75. The smallest absolute Gasteiger partial charge is 0.379 e. The molecule has 0 aromatic carbocycles. The molecule has 12 heteroatoms. The minimum Gasteiger partial charge on any atom is -0.379 e. The van der Waals surface area contributed by atoms with E-state index in [1.54, 1.807) is 0 Å². The molecule has 2 rings (SSSR count). The van der Waals surface area contributed by atoms with E-state index in [2.05, 4.69) is 15.3 Å². The third-order valence-corrected chi connectivity index (χ3v) is 4.00. The summed E-state index contributed by atoms with van der Waals surface area (Å²) in [5.74, 6) is -0.554. The maximum atomic E-state index is 12.9. The number of morpholine rings is 1. The topological polar surface area (TPSA) is 103 Å². The normalized spacial score (nSPS) is 15.8. The summed E-state index contributed by atoms with van der Waals surface area (Å²) >= 11 is 0. The predicted octanol–water partition coefficient (Wildman–Crippen LogP) is 0.957. The van der Waals surface area contributed by atoms with Crippen molar-refractivity contribution in [2.75, 3.05) is 39.4 Å². The second-order valence-electron chi connectivity index (χ2n) is 5.85. The van der Waals surface area contributed by atoms with Gasteiger partial charge in [0.05, 0.1) is 18.1 Å². The van der Waals surface area contributed by atoms with Crippen LogP contribution in [0.4, 0.5) is 18.9 Å². The van der Waals surface area contributed by atoms with Crippen LogP contribution in [0.1, 0.15) is 17.8 Å². The molecule has 0 atom stereocenters. The summed E-state index contributed by atoms with van der Waals surface area (Å²) in [6.45, 7) is 4.73. The van der Waals surface area contributed by atoms with Crippen molar-refractivity contribution in [3.8, 4) is 0 Å². The Labute approximate surface area is 147 Å². The quantitative estimate of drug-likeness (QED) is 0.430. The Morgan fingerprint density at radius 3 is 2.58 bits per heavy atom. The van der Waals surface area contributed by atoms with Gasteiger partial charge in [0.15, 0.2) is 0 Å². The van der Waals surface area contributed by atoms with Crippen molar-refractivity contribution in [3.05, 3.63) is 21.5 Å². The number of hydrogen-bond donors (Lipinski definition) is 1. The third-order valence-electron chi connectivity index (χ3n) is 4.00. The molecule has 1 saturated heterocycles. The van der Waals surface area contributed by atoms with Crippen LogP contribution in [0.2, 0.25) is 0 Å². The van der Waals surface area contributed by atoms with E-state index in [4.69, 9.17) is 4.74 Å². The van der Waals surface area contributed by atoms with E-state index in [0.29, 0.717) is 30.9 Å². The zero-order valence-electron chi connectivity index (χ0n) is 14.2. The van der Waals surface area contributed by atoms with Crippen LogP contribution in [-0.2, 0) is 22.3 Å². The lowest BCUT2D eigenvalue weighted by molar-refractivity contribution is -0.388. The number of carbonyl (C=O) groups excluding carboxylic acids is 1. The fourth-order valence-electron chi connectivity index (χ4n) is 2.65. The molecule has 0 radical (unpaired) electrons. The number of amides is 1. The van der Waals surface area contributed by atoms with Crippen molar-refractivity contribution >= 4 is 11.6 Å². The van der Waals surface area contributed by atoms with E-state index in [9.17, 15) is 28.1 Å². The standard InChI is InChI=1S/C14H20F3N5O4/c1-10-12(22(24)25)13(14(15,16)17)19-21(10)9-11(23)18-3-2-4-20-5-7-26-8-6-20/h2-9H2,1H3,(H,18,23).